The average Bonchev–Trinajstić information content (AvgIpc) is 3.32. The summed E-state index contributed by atoms with van der Waals surface area (Å²) in [6.07, 6.45) is 1.81. The molecule has 7 rings (SSSR count). The van der Waals surface area contributed by atoms with Gasteiger partial charge in [-0.15, -0.1) is 11.3 Å². The summed E-state index contributed by atoms with van der Waals surface area (Å²) in [4.78, 5) is 8.02. The van der Waals surface area contributed by atoms with Crippen LogP contribution in [-0.2, 0) is 0 Å². The second-order valence-corrected chi connectivity index (χ2v) is 9.50. The Kier molecular flexibility index (Phi) is 5.31. The van der Waals surface area contributed by atoms with Crippen LogP contribution in [0.2, 0.25) is 0 Å². The molecule has 1 N–H and O–H groups in total. The molecule has 0 radical (unpaired) electrons. The van der Waals surface area contributed by atoms with Crippen molar-refractivity contribution in [3.8, 4) is 27.4 Å². The largest absolute Gasteiger partial charge is 1.00 e. The first-order valence-corrected chi connectivity index (χ1v) is 12.0. The maximum absolute atomic E-state index is 13.6. The maximum atomic E-state index is 13.6. The number of thiazole rings is 1. The fraction of sp³-hybridized carbons (Fsp3) is 0. The fourth-order valence-corrected chi connectivity index (χ4v) is 5.81. The van der Waals surface area contributed by atoms with Crippen molar-refractivity contribution in [2.75, 3.05) is 0 Å². The number of H-pyrrole nitrogens is 1. The average molecular weight is 461 g/mol. The number of nitrogens with one attached hydrogen (secondary N) is 1. The van der Waals surface area contributed by atoms with Crippen LogP contribution in [0.1, 0.15) is 0 Å². The number of aromatic amines is 1. The quantitative estimate of drug-likeness (QED) is 0.289. The second kappa shape index (κ2) is 8.52. The van der Waals surface area contributed by atoms with Crippen LogP contribution in [0.5, 0.6) is 5.75 Å². The number of pyridine rings is 1. The monoisotopic (exact) mass is 461 g/mol. The van der Waals surface area contributed by atoms with Crippen LogP contribution < -0.4 is 29.0 Å². The summed E-state index contributed by atoms with van der Waals surface area (Å²) in [7, 11) is 0. The molecular formula is C30H18LiN2OS+. The second-order valence-electron chi connectivity index (χ2n) is 8.47. The number of hydrogen-bond acceptors (Lipinski definition) is 3. The smallest absolute Gasteiger partial charge is 0.868 e. The van der Waals surface area contributed by atoms with E-state index in [1.54, 1.807) is 17.5 Å². The fourth-order valence-electron chi connectivity index (χ4n) is 4.85. The molecule has 0 saturated carbocycles. The van der Waals surface area contributed by atoms with Crippen molar-refractivity contribution in [2.45, 2.75) is 0 Å². The van der Waals surface area contributed by atoms with E-state index < -0.39 is 0 Å². The van der Waals surface area contributed by atoms with E-state index in [0.717, 1.165) is 48.6 Å². The van der Waals surface area contributed by atoms with Gasteiger partial charge >= 0.3 is 18.9 Å². The molecule has 5 heteroatoms. The molecule has 35 heavy (non-hydrogen) atoms. The van der Waals surface area contributed by atoms with Crippen molar-refractivity contribution in [2.24, 2.45) is 0 Å². The van der Waals surface area contributed by atoms with Crippen LogP contribution in [0.3, 0.4) is 0 Å². The van der Waals surface area contributed by atoms with Gasteiger partial charge in [-0.25, -0.2) is 9.97 Å². The van der Waals surface area contributed by atoms with Gasteiger partial charge in [0.25, 0.3) is 0 Å². The van der Waals surface area contributed by atoms with Gasteiger partial charge in [0.05, 0.1) is 10.2 Å². The van der Waals surface area contributed by atoms with Gasteiger partial charge in [0.15, 0.2) is 6.20 Å². The summed E-state index contributed by atoms with van der Waals surface area (Å²) < 4.78 is 1.17. The summed E-state index contributed by atoms with van der Waals surface area (Å²) in [5.74, 6) is 0.0149. The van der Waals surface area contributed by atoms with Crippen LogP contribution in [0.25, 0.3) is 64.4 Å². The van der Waals surface area contributed by atoms with Gasteiger partial charge in [-0.3, -0.25) is 0 Å². The van der Waals surface area contributed by atoms with Crippen molar-refractivity contribution in [1.29, 1.82) is 0 Å². The van der Waals surface area contributed by atoms with Crippen LogP contribution >= 0.6 is 11.3 Å². The SMILES string of the molecule is [Li+].[O-]c1c(-c2c3ccccc3cc3ccc(-c4nc5ccccc5s4)cc23)ccc2ccc[nH+]c12. The van der Waals surface area contributed by atoms with Gasteiger partial charge in [-0.05, 0) is 74.8 Å². The molecule has 160 valence electrons. The summed E-state index contributed by atoms with van der Waals surface area (Å²) in [5.41, 5.74) is 4.38. The number of fused-ring (bicyclic) bond motifs is 4. The van der Waals surface area contributed by atoms with E-state index in [0.29, 0.717) is 11.1 Å². The first-order chi connectivity index (χ1) is 16.8. The number of rotatable bonds is 2. The van der Waals surface area contributed by atoms with Gasteiger partial charge in [0.1, 0.15) is 5.01 Å². The Morgan fingerprint density at radius 3 is 2.40 bits per heavy atom. The van der Waals surface area contributed by atoms with Crippen LogP contribution in [0.15, 0.2) is 103 Å². The molecule has 0 bridgehead atoms. The standard InChI is InChI=1S/C30H18N2OS.Li/c33-29-23(14-13-18-7-5-15-31-28(18)29)27-22-8-2-1-6-19(22)16-20-11-12-21(17-24(20)27)30-32-25-9-3-4-10-26(25)34-30;/h1-17,33H;/q;+1. The van der Waals surface area contributed by atoms with E-state index in [9.17, 15) is 5.11 Å². The number of hydrogen-bond donors (Lipinski definition) is 0. The maximum Gasteiger partial charge on any atom is 1.00 e. The molecule has 0 aliphatic carbocycles. The van der Waals surface area contributed by atoms with Gasteiger partial charge in [-0.2, -0.15) is 0 Å². The summed E-state index contributed by atoms with van der Waals surface area (Å²) >= 11 is 1.69. The molecule has 0 saturated heterocycles. The van der Waals surface area contributed by atoms with Crippen molar-refractivity contribution in [3.05, 3.63) is 103 Å². The predicted octanol–water partition coefficient (Wildman–Crippen LogP) is 3.98. The van der Waals surface area contributed by atoms with Crippen LogP contribution in [-0.4, -0.2) is 4.98 Å². The molecule has 7 aromatic rings. The summed E-state index contributed by atoms with van der Waals surface area (Å²) in [5, 5.41) is 19.9. The Bertz CT molecular complexity index is 1860. The van der Waals surface area contributed by atoms with Gasteiger partial charge < -0.3 is 5.11 Å². The molecule has 5 aromatic carbocycles. The third-order valence-electron chi connectivity index (χ3n) is 6.46. The zero-order chi connectivity index (χ0) is 22.6. The van der Waals surface area contributed by atoms with Crippen molar-refractivity contribution in [3.63, 3.8) is 0 Å². The van der Waals surface area contributed by atoms with E-state index in [1.807, 2.05) is 54.6 Å². The molecule has 0 unspecified atom stereocenters. The van der Waals surface area contributed by atoms with Crippen LogP contribution in [0, 0.1) is 0 Å². The number of benzene rings is 5. The zero-order valence-electron chi connectivity index (χ0n) is 19.1. The first-order valence-electron chi connectivity index (χ1n) is 11.2. The minimum Gasteiger partial charge on any atom is -0.868 e. The molecule has 0 amide bonds. The Labute approximate surface area is 217 Å². The van der Waals surface area contributed by atoms with E-state index >= 15 is 0 Å². The van der Waals surface area contributed by atoms with Crippen molar-refractivity contribution >= 4 is 54.0 Å². The molecule has 3 nitrogen and oxygen atoms in total. The molecule has 0 aliphatic heterocycles. The van der Waals surface area contributed by atoms with E-state index in [2.05, 4.69) is 47.4 Å². The minimum absolute atomic E-state index is 0. The van der Waals surface area contributed by atoms with E-state index in [4.69, 9.17) is 4.98 Å². The summed E-state index contributed by atoms with van der Waals surface area (Å²) in [6, 6.07) is 33.0. The normalized spacial score (nSPS) is 11.3. The molecule has 0 fully saturated rings. The predicted molar refractivity (Wildman–Crippen MR) is 139 cm³/mol. The third kappa shape index (κ3) is 3.50. The van der Waals surface area contributed by atoms with E-state index in [1.165, 1.54) is 4.70 Å². The van der Waals surface area contributed by atoms with Gasteiger partial charge in [0, 0.05) is 17.0 Å². The molecule has 0 spiro atoms. The molecule has 0 aliphatic rings. The Morgan fingerprint density at radius 1 is 0.714 bits per heavy atom. The molecule has 0 atom stereocenters. The van der Waals surface area contributed by atoms with E-state index in [-0.39, 0.29) is 24.6 Å². The Hall–Kier alpha value is -3.68. The number of para-hydroxylation sites is 1. The van der Waals surface area contributed by atoms with Gasteiger partial charge in [0.2, 0.25) is 5.52 Å². The zero-order valence-corrected chi connectivity index (χ0v) is 19.9. The molecule has 2 aromatic heterocycles. The first kappa shape index (κ1) is 21.8. The van der Waals surface area contributed by atoms with Gasteiger partial charge in [-0.1, -0.05) is 54.6 Å². The Balaban J connectivity index is 0.00000229. The van der Waals surface area contributed by atoms with Crippen LogP contribution in [0.4, 0.5) is 0 Å². The minimum atomic E-state index is 0. The molecular weight excluding hydrogens is 443 g/mol. The topological polar surface area (TPSA) is 50.1 Å². The molecule has 2 heterocycles. The number of aromatic nitrogens is 2. The van der Waals surface area contributed by atoms with Crippen molar-refractivity contribution in [1.82, 2.24) is 4.98 Å². The number of nitrogens with zero attached hydrogens (tertiary/aromatic N) is 1. The Morgan fingerprint density at radius 2 is 1.49 bits per heavy atom. The third-order valence-corrected chi connectivity index (χ3v) is 7.55. The summed E-state index contributed by atoms with van der Waals surface area (Å²) in [6.45, 7) is 0. The van der Waals surface area contributed by atoms with Crippen molar-refractivity contribution < 1.29 is 29.0 Å².